The number of fused-ring (bicyclic) bond motifs is 1. The van der Waals surface area contributed by atoms with E-state index in [1.807, 2.05) is 0 Å². The van der Waals surface area contributed by atoms with Crippen LogP contribution in [0.2, 0.25) is 0 Å². The van der Waals surface area contributed by atoms with Crippen LogP contribution in [0.25, 0.3) is 0 Å². The molecule has 114 valence electrons. The molecule has 3 heteroatoms. The van der Waals surface area contributed by atoms with Gasteiger partial charge in [0.05, 0.1) is 0 Å². The van der Waals surface area contributed by atoms with Crippen LogP contribution in [0.15, 0.2) is 24.3 Å². The summed E-state index contributed by atoms with van der Waals surface area (Å²) in [6, 6.07) is 8.79. The van der Waals surface area contributed by atoms with Crippen LogP contribution in [0.3, 0.4) is 0 Å². The fourth-order valence-electron chi connectivity index (χ4n) is 3.88. The van der Waals surface area contributed by atoms with E-state index in [9.17, 15) is 4.79 Å². The van der Waals surface area contributed by atoms with E-state index in [4.69, 9.17) is 5.73 Å². The van der Waals surface area contributed by atoms with Crippen molar-refractivity contribution in [3.05, 3.63) is 35.4 Å². The lowest BCUT2D eigenvalue weighted by Gasteiger charge is -2.29. The first-order valence-electron chi connectivity index (χ1n) is 8.22. The summed E-state index contributed by atoms with van der Waals surface area (Å²) in [5, 5.41) is 0. The molecule has 1 aromatic carbocycles. The quantitative estimate of drug-likeness (QED) is 0.928. The largest absolute Gasteiger partial charge is 0.342 e. The Hall–Kier alpha value is -1.35. The highest BCUT2D eigenvalue weighted by atomic mass is 16.2. The molecule has 1 aromatic rings. The summed E-state index contributed by atoms with van der Waals surface area (Å²) >= 11 is 0. The van der Waals surface area contributed by atoms with E-state index < -0.39 is 0 Å². The first-order valence-corrected chi connectivity index (χ1v) is 8.22. The van der Waals surface area contributed by atoms with Crippen LogP contribution < -0.4 is 5.73 Å². The Morgan fingerprint density at radius 3 is 2.71 bits per heavy atom. The number of amides is 1. The van der Waals surface area contributed by atoms with Crippen LogP contribution in [0, 0.1) is 18.8 Å². The number of rotatable bonds is 3. The number of nitrogens with zero attached hydrogens (tertiary/aromatic N) is 1. The van der Waals surface area contributed by atoms with Crippen molar-refractivity contribution in [2.75, 3.05) is 13.1 Å². The molecular formula is C18H26N2O. The Labute approximate surface area is 127 Å². The second kappa shape index (κ2) is 6.18. The van der Waals surface area contributed by atoms with Crippen molar-refractivity contribution < 1.29 is 4.79 Å². The SMILES string of the molecule is Cc1ccc(CCC(=O)N2CC3CCCC(N)C3C2)cc1. The molecule has 0 spiro atoms. The normalized spacial score (nSPS) is 28.5. The Morgan fingerprint density at radius 2 is 2.00 bits per heavy atom. The topological polar surface area (TPSA) is 46.3 Å². The van der Waals surface area contributed by atoms with E-state index in [1.165, 1.54) is 24.0 Å². The van der Waals surface area contributed by atoms with Gasteiger partial charge < -0.3 is 10.6 Å². The molecule has 0 bridgehead atoms. The summed E-state index contributed by atoms with van der Waals surface area (Å²) in [6.45, 7) is 3.91. The van der Waals surface area contributed by atoms with E-state index >= 15 is 0 Å². The molecule has 2 N–H and O–H groups in total. The highest BCUT2D eigenvalue weighted by Gasteiger charge is 2.39. The first-order chi connectivity index (χ1) is 10.1. The maximum Gasteiger partial charge on any atom is 0.222 e. The molecule has 0 aromatic heterocycles. The van der Waals surface area contributed by atoms with Gasteiger partial charge in [-0.05, 0) is 43.6 Å². The molecule has 1 heterocycles. The van der Waals surface area contributed by atoms with Crippen LogP contribution in [-0.2, 0) is 11.2 Å². The molecule has 2 aliphatic rings. The second-order valence-corrected chi connectivity index (χ2v) is 6.80. The van der Waals surface area contributed by atoms with Gasteiger partial charge in [0.2, 0.25) is 5.91 Å². The van der Waals surface area contributed by atoms with Gasteiger partial charge in [-0.1, -0.05) is 36.2 Å². The molecule has 2 fully saturated rings. The van der Waals surface area contributed by atoms with Crippen LogP contribution in [0.1, 0.15) is 36.8 Å². The molecule has 3 unspecified atom stereocenters. The van der Waals surface area contributed by atoms with E-state index in [0.717, 1.165) is 25.9 Å². The standard InChI is InChI=1S/C18H26N2O/c1-13-5-7-14(8-6-13)9-10-18(21)20-11-15-3-2-4-17(19)16(15)12-20/h5-8,15-17H,2-4,9-12,19H2,1H3. The highest BCUT2D eigenvalue weighted by Crippen LogP contribution is 2.35. The van der Waals surface area contributed by atoms with Gasteiger partial charge in [0, 0.05) is 25.6 Å². The molecule has 1 amide bonds. The Balaban J connectivity index is 1.53. The van der Waals surface area contributed by atoms with Crippen molar-refractivity contribution in [2.24, 2.45) is 17.6 Å². The monoisotopic (exact) mass is 286 g/mol. The maximum absolute atomic E-state index is 12.4. The van der Waals surface area contributed by atoms with Crippen molar-refractivity contribution >= 4 is 5.91 Å². The average molecular weight is 286 g/mol. The number of benzene rings is 1. The number of nitrogens with two attached hydrogens (primary N) is 1. The van der Waals surface area contributed by atoms with Crippen molar-refractivity contribution in [1.29, 1.82) is 0 Å². The predicted octanol–water partition coefficient (Wildman–Crippen LogP) is 2.51. The molecule has 1 saturated carbocycles. The van der Waals surface area contributed by atoms with Crippen LogP contribution in [-0.4, -0.2) is 29.9 Å². The highest BCUT2D eigenvalue weighted by molar-refractivity contribution is 5.76. The van der Waals surface area contributed by atoms with E-state index in [2.05, 4.69) is 36.1 Å². The van der Waals surface area contributed by atoms with Gasteiger partial charge in [0.25, 0.3) is 0 Å². The minimum atomic E-state index is 0.303. The molecule has 1 aliphatic carbocycles. The first kappa shape index (κ1) is 14.6. The molecule has 1 aliphatic heterocycles. The third kappa shape index (κ3) is 3.29. The van der Waals surface area contributed by atoms with Gasteiger partial charge in [-0.2, -0.15) is 0 Å². The second-order valence-electron chi connectivity index (χ2n) is 6.80. The minimum Gasteiger partial charge on any atom is -0.342 e. The summed E-state index contributed by atoms with van der Waals surface area (Å²) in [6.07, 6.45) is 5.08. The average Bonchev–Trinajstić information content (AvgIpc) is 2.92. The van der Waals surface area contributed by atoms with Crippen molar-refractivity contribution in [3.63, 3.8) is 0 Å². The lowest BCUT2D eigenvalue weighted by Crippen LogP contribution is -2.38. The Kier molecular flexibility index (Phi) is 4.29. The van der Waals surface area contributed by atoms with Gasteiger partial charge in [-0.25, -0.2) is 0 Å². The van der Waals surface area contributed by atoms with Gasteiger partial charge in [0.15, 0.2) is 0 Å². The zero-order valence-corrected chi connectivity index (χ0v) is 12.9. The summed E-state index contributed by atoms with van der Waals surface area (Å²) in [7, 11) is 0. The number of carbonyl (C=O) groups is 1. The van der Waals surface area contributed by atoms with Crippen LogP contribution in [0.4, 0.5) is 0 Å². The molecule has 3 atom stereocenters. The molecular weight excluding hydrogens is 260 g/mol. The number of hydrogen-bond acceptors (Lipinski definition) is 2. The van der Waals surface area contributed by atoms with Gasteiger partial charge in [-0.15, -0.1) is 0 Å². The number of carbonyl (C=O) groups excluding carboxylic acids is 1. The van der Waals surface area contributed by atoms with Gasteiger partial charge >= 0.3 is 0 Å². The third-order valence-corrected chi connectivity index (χ3v) is 5.25. The molecule has 3 nitrogen and oxygen atoms in total. The number of likely N-dealkylation sites (tertiary alicyclic amines) is 1. The predicted molar refractivity (Wildman–Crippen MR) is 84.9 cm³/mol. The van der Waals surface area contributed by atoms with E-state index in [0.29, 0.717) is 30.2 Å². The van der Waals surface area contributed by atoms with Crippen LogP contribution >= 0.6 is 0 Å². The Morgan fingerprint density at radius 1 is 1.24 bits per heavy atom. The zero-order chi connectivity index (χ0) is 14.8. The van der Waals surface area contributed by atoms with Gasteiger partial charge in [0.1, 0.15) is 0 Å². The molecule has 0 radical (unpaired) electrons. The Bertz CT molecular complexity index is 496. The fraction of sp³-hybridized carbons (Fsp3) is 0.611. The summed E-state index contributed by atoms with van der Waals surface area (Å²) < 4.78 is 0. The number of aryl methyl sites for hydroxylation is 2. The van der Waals surface area contributed by atoms with Crippen molar-refractivity contribution in [3.8, 4) is 0 Å². The minimum absolute atomic E-state index is 0.303. The summed E-state index contributed by atoms with van der Waals surface area (Å²) in [5.41, 5.74) is 8.74. The smallest absolute Gasteiger partial charge is 0.222 e. The molecule has 21 heavy (non-hydrogen) atoms. The molecule has 1 saturated heterocycles. The summed E-state index contributed by atoms with van der Waals surface area (Å²) in [5.74, 6) is 1.50. The maximum atomic E-state index is 12.4. The lowest BCUT2D eigenvalue weighted by molar-refractivity contribution is -0.130. The van der Waals surface area contributed by atoms with Gasteiger partial charge in [-0.3, -0.25) is 4.79 Å². The third-order valence-electron chi connectivity index (χ3n) is 5.25. The number of hydrogen-bond donors (Lipinski definition) is 1. The summed E-state index contributed by atoms with van der Waals surface area (Å²) in [4.78, 5) is 14.5. The molecule has 3 rings (SSSR count). The fourth-order valence-corrected chi connectivity index (χ4v) is 3.88. The van der Waals surface area contributed by atoms with E-state index in [1.54, 1.807) is 0 Å². The van der Waals surface area contributed by atoms with Crippen LogP contribution in [0.5, 0.6) is 0 Å². The van der Waals surface area contributed by atoms with E-state index in [-0.39, 0.29) is 0 Å². The van der Waals surface area contributed by atoms with Crippen molar-refractivity contribution in [2.45, 2.75) is 45.1 Å². The lowest BCUT2D eigenvalue weighted by atomic mass is 9.78. The zero-order valence-electron chi connectivity index (χ0n) is 12.9. The van der Waals surface area contributed by atoms with Crippen molar-refractivity contribution in [1.82, 2.24) is 4.90 Å².